The van der Waals surface area contributed by atoms with Gasteiger partial charge in [0, 0.05) is 23.5 Å². The molecule has 2 rings (SSSR count). The Labute approximate surface area is 99.7 Å². The van der Waals surface area contributed by atoms with Gasteiger partial charge >= 0.3 is 0 Å². The molecule has 2 aromatic heterocycles. The van der Waals surface area contributed by atoms with Crippen LogP contribution in [0.15, 0.2) is 22.9 Å². The Kier molecular flexibility index (Phi) is 3.54. The van der Waals surface area contributed by atoms with Gasteiger partial charge in [0.1, 0.15) is 0 Å². The fraction of sp³-hybridized carbons (Fsp3) is 0.125. The number of hydrogen-bond donors (Lipinski definition) is 3. The maximum Gasteiger partial charge on any atom is 0.294 e. The van der Waals surface area contributed by atoms with Crippen molar-refractivity contribution in [3.8, 4) is 0 Å². The van der Waals surface area contributed by atoms with Crippen molar-refractivity contribution in [3.05, 3.63) is 28.5 Å². The summed E-state index contributed by atoms with van der Waals surface area (Å²) in [7, 11) is 0. The molecule has 0 saturated carbocycles. The molecule has 0 aliphatic rings. The second-order valence-corrected chi connectivity index (χ2v) is 4.62. The average Bonchev–Trinajstić information content (AvgIpc) is 2.96. The number of aromatic amines is 1. The van der Waals surface area contributed by atoms with Gasteiger partial charge in [0.05, 0.1) is 5.69 Å². The number of aromatic nitrogens is 3. The lowest BCUT2D eigenvalue weighted by atomic mass is 10.5. The molecule has 0 spiro atoms. The first-order valence-corrected chi connectivity index (χ1v) is 6.23. The lowest BCUT2D eigenvalue weighted by Gasteiger charge is -1.94. The number of thioether (sulfide) groups is 1. The Bertz CT molecular complexity index is 466. The standard InChI is InChI=1S/C8H9N5OS2/c9-13-6(14)7-12-5(3-15-7)4-16-8-10-1-2-11-8/h1-3H,4,9H2,(H,10,11)(H,13,14). The third-order valence-corrected chi connectivity index (χ3v) is 3.53. The molecule has 0 aromatic carbocycles. The van der Waals surface area contributed by atoms with E-state index in [0.29, 0.717) is 10.8 Å². The van der Waals surface area contributed by atoms with Gasteiger partial charge in [-0.15, -0.1) is 11.3 Å². The molecule has 0 fully saturated rings. The molecule has 16 heavy (non-hydrogen) atoms. The van der Waals surface area contributed by atoms with Crippen LogP contribution in [0.25, 0.3) is 0 Å². The van der Waals surface area contributed by atoms with Gasteiger partial charge in [-0.05, 0) is 0 Å². The van der Waals surface area contributed by atoms with E-state index in [1.54, 1.807) is 12.4 Å². The molecule has 4 N–H and O–H groups in total. The summed E-state index contributed by atoms with van der Waals surface area (Å²) in [6, 6.07) is 0. The maximum atomic E-state index is 11.1. The first kappa shape index (κ1) is 11.1. The summed E-state index contributed by atoms with van der Waals surface area (Å²) >= 11 is 2.80. The lowest BCUT2D eigenvalue weighted by Crippen LogP contribution is -2.29. The molecule has 84 valence electrons. The number of amides is 1. The van der Waals surface area contributed by atoms with E-state index in [1.165, 1.54) is 23.1 Å². The highest BCUT2D eigenvalue weighted by Gasteiger charge is 2.09. The van der Waals surface area contributed by atoms with E-state index in [-0.39, 0.29) is 5.91 Å². The van der Waals surface area contributed by atoms with Gasteiger partial charge in [-0.3, -0.25) is 10.2 Å². The number of carbonyl (C=O) groups is 1. The minimum Gasteiger partial charge on any atom is -0.340 e. The zero-order valence-corrected chi connectivity index (χ0v) is 9.77. The Hall–Kier alpha value is -1.38. The molecular weight excluding hydrogens is 246 g/mol. The smallest absolute Gasteiger partial charge is 0.294 e. The first-order valence-electron chi connectivity index (χ1n) is 4.37. The monoisotopic (exact) mass is 255 g/mol. The van der Waals surface area contributed by atoms with Gasteiger partial charge < -0.3 is 4.98 Å². The molecule has 0 saturated heterocycles. The quantitative estimate of drug-likeness (QED) is 0.324. The lowest BCUT2D eigenvalue weighted by molar-refractivity contribution is 0.0953. The highest BCUT2D eigenvalue weighted by molar-refractivity contribution is 7.98. The molecule has 0 bridgehead atoms. The van der Waals surface area contributed by atoms with Crippen molar-refractivity contribution in [3.63, 3.8) is 0 Å². The Morgan fingerprint density at radius 3 is 3.25 bits per heavy atom. The van der Waals surface area contributed by atoms with Crippen molar-refractivity contribution in [1.82, 2.24) is 20.4 Å². The predicted octanol–water partition coefficient (Wildman–Crippen LogP) is 0.762. The van der Waals surface area contributed by atoms with Crippen LogP contribution in [0.4, 0.5) is 0 Å². The van der Waals surface area contributed by atoms with Crippen LogP contribution < -0.4 is 11.3 Å². The Morgan fingerprint density at radius 2 is 2.56 bits per heavy atom. The minimum atomic E-state index is -0.362. The number of thiazole rings is 1. The predicted molar refractivity (Wildman–Crippen MR) is 61.9 cm³/mol. The average molecular weight is 255 g/mol. The molecule has 0 radical (unpaired) electrons. The van der Waals surface area contributed by atoms with Crippen molar-refractivity contribution < 1.29 is 4.79 Å². The third kappa shape index (κ3) is 2.60. The van der Waals surface area contributed by atoms with Crippen LogP contribution in [0.3, 0.4) is 0 Å². The topological polar surface area (TPSA) is 96.7 Å². The number of nitrogens with one attached hydrogen (secondary N) is 2. The SMILES string of the molecule is NNC(=O)c1nc(CSc2ncc[nH]2)cs1. The number of rotatable bonds is 4. The molecular formula is C8H9N5OS2. The number of nitrogens with two attached hydrogens (primary N) is 1. The summed E-state index contributed by atoms with van der Waals surface area (Å²) < 4.78 is 0. The van der Waals surface area contributed by atoms with E-state index >= 15 is 0 Å². The van der Waals surface area contributed by atoms with E-state index in [0.717, 1.165) is 10.9 Å². The van der Waals surface area contributed by atoms with E-state index in [2.05, 4.69) is 15.0 Å². The second kappa shape index (κ2) is 5.10. The van der Waals surface area contributed by atoms with Crippen LogP contribution in [0.5, 0.6) is 0 Å². The van der Waals surface area contributed by atoms with Crippen molar-refractivity contribution in [2.45, 2.75) is 10.9 Å². The molecule has 2 heterocycles. The summed E-state index contributed by atoms with van der Waals surface area (Å²) in [6.45, 7) is 0. The number of imidazole rings is 1. The van der Waals surface area contributed by atoms with Crippen molar-refractivity contribution >= 4 is 29.0 Å². The van der Waals surface area contributed by atoms with Crippen molar-refractivity contribution in [2.24, 2.45) is 5.84 Å². The van der Waals surface area contributed by atoms with Crippen LogP contribution in [-0.2, 0) is 5.75 Å². The molecule has 0 atom stereocenters. The molecule has 2 aromatic rings. The van der Waals surface area contributed by atoms with Gasteiger partial charge in [-0.1, -0.05) is 11.8 Å². The zero-order chi connectivity index (χ0) is 11.4. The molecule has 0 unspecified atom stereocenters. The van der Waals surface area contributed by atoms with Gasteiger partial charge in [0.2, 0.25) is 0 Å². The largest absolute Gasteiger partial charge is 0.340 e. The summed E-state index contributed by atoms with van der Waals surface area (Å²) in [5, 5.41) is 3.04. The number of H-pyrrole nitrogens is 1. The third-order valence-electron chi connectivity index (χ3n) is 1.71. The highest BCUT2D eigenvalue weighted by atomic mass is 32.2. The molecule has 8 heteroatoms. The number of nitrogen functional groups attached to an aromatic ring is 1. The van der Waals surface area contributed by atoms with Gasteiger partial charge in [-0.2, -0.15) is 0 Å². The van der Waals surface area contributed by atoms with Crippen LogP contribution in [0.2, 0.25) is 0 Å². The summed E-state index contributed by atoms with van der Waals surface area (Å²) in [4.78, 5) is 22.3. The van der Waals surface area contributed by atoms with Crippen molar-refractivity contribution in [1.29, 1.82) is 0 Å². The van der Waals surface area contributed by atoms with E-state index < -0.39 is 0 Å². The Balaban J connectivity index is 1.95. The first-order chi connectivity index (χ1) is 7.79. The van der Waals surface area contributed by atoms with Crippen LogP contribution in [0.1, 0.15) is 15.5 Å². The number of nitrogens with zero attached hydrogens (tertiary/aromatic N) is 2. The minimum absolute atomic E-state index is 0.362. The van der Waals surface area contributed by atoms with Crippen molar-refractivity contribution in [2.75, 3.05) is 0 Å². The Morgan fingerprint density at radius 1 is 1.69 bits per heavy atom. The van der Waals surface area contributed by atoms with E-state index in [4.69, 9.17) is 5.84 Å². The molecule has 0 aliphatic heterocycles. The number of hydrazine groups is 1. The van der Waals surface area contributed by atoms with Crippen LogP contribution in [0, 0.1) is 0 Å². The van der Waals surface area contributed by atoms with Crippen LogP contribution in [-0.4, -0.2) is 20.9 Å². The molecule has 0 aliphatic carbocycles. The van der Waals surface area contributed by atoms with Gasteiger partial charge in [-0.25, -0.2) is 15.8 Å². The fourth-order valence-corrected chi connectivity index (χ4v) is 2.56. The summed E-state index contributed by atoms with van der Waals surface area (Å²) in [5.41, 5.74) is 2.89. The molecule has 1 amide bonds. The van der Waals surface area contributed by atoms with E-state index in [1.807, 2.05) is 10.8 Å². The highest BCUT2D eigenvalue weighted by Crippen LogP contribution is 2.20. The fourth-order valence-electron chi connectivity index (χ4n) is 1.01. The summed E-state index contributed by atoms with van der Waals surface area (Å²) in [5.74, 6) is 5.32. The number of hydrogen-bond acceptors (Lipinski definition) is 6. The van der Waals surface area contributed by atoms with Crippen LogP contribution >= 0.6 is 23.1 Å². The van der Waals surface area contributed by atoms with Gasteiger partial charge in [0.15, 0.2) is 10.2 Å². The molecule has 6 nitrogen and oxygen atoms in total. The normalized spacial score (nSPS) is 10.3. The zero-order valence-electron chi connectivity index (χ0n) is 8.14. The second-order valence-electron chi connectivity index (χ2n) is 2.80. The summed E-state index contributed by atoms with van der Waals surface area (Å²) in [6.07, 6.45) is 3.45. The van der Waals surface area contributed by atoms with E-state index in [9.17, 15) is 4.79 Å². The maximum absolute atomic E-state index is 11.1. The van der Waals surface area contributed by atoms with Gasteiger partial charge in [0.25, 0.3) is 5.91 Å². The number of carbonyl (C=O) groups excluding carboxylic acids is 1.